The Morgan fingerprint density at radius 1 is 1.16 bits per heavy atom. The molecule has 0 radical (unpaired) electrons. The van der Waals surface area contributed by atoms with Gasteiger partial charge in [0.1, 0.15) is 6.26 Å². The fourth-order valence-electron chi connectivity index (χ4n) is 2.39. The first-order valence-corrected chi connectivity index (χ1v) is 6.14. The van der Waals surface area contributed by atoms with Gasteiger partial charge in [0.25, 0.3) is 0 Å². The van der Waals surface area contributed by atoms with Gasteiger partial charge in [0.15, 0.2) is 5.89 Å². The average molecular weight is 249 g/mol. The minimum absolute atomic E-state index is 0.663. The van der Waals surface area contributed by atoms with Gasteiger partial charge in [-0.1, -0.05) is 18.2 Å². The van der Waals surface area contributed by atoms with Crippen LogP contribution in [-0.2, 0) is 6.42 Å². The van der Waals surface area contributed by atoms with Gasteiger partial charge in [-0.2, -0.15) is 0 Å². The van der Waals surface area contributed by atoms with E-state index in [4.69, 9.17) is 4.42 Å². The normalized spacial score (nSPS) is 11.4. The van der Waals surface area contributed by atoms with E-state index in [9.17, 15) is 0 Å². The Hall–Kier alpha value is -2.62. The van der Waals surface area contributed by atoms with Gasteiger partial charge in [-0.15, -0.1) is 0 Å². The Kier molecular flexibility index (Phi) is 2.14. The summed E-state index contributed by atoms with van der Waals surface area (Å²) in [6, 6.07) is 10.2. The Labute approximate surface area is 109 Å². The number of hydrogen-bond donors (Lipinski definition) is 1. The molecule has 3 aromatic heterocycles. The van der Waals surface area contributed by atoms with Gasteiger partial charge in [0.05, 0.1) is 23.7 Å². The zero-order valence-electron chi connectivity index (χ0n) is 10.1. The van der Waals surface area contributed by atoms with Crippen molar-refractivity contribution in [1.29, 1.82) is 0 Å². The number of aromatic amines is 1. The quantitative estimate of drug-likeness (QED) is 0.593. The van der Waals surface area contributed by atoms with Crippen molar-refractivity contribution in [3.05, 3.63) is 60.6 Å². The molecule has 4 aromatic rings. The molecule has 3 heterocycles. The van der Waals surface area contributed by atoms with Crippen LogP contribution in [0.5, 0.6) is 0 Å². The van der Waals surface area contributed by atoms with Crippen LogP contribution in [0.4, 0.5) is 0 Å². The molecule has 0 amide bonds. The van der Waals surface area contributed by atoms with Crippen molar-refractivity contribution in [2.45, 2.75) is 6.42 Å². The fraction of sp³-hybridized carbons (Fsp3) is 0.0667. The molecule has 19 heavy (non-hydrogen) atoms. The van der Waals surface area contributed by atoms with E-state index in [0.29, 0.717) is 12.3 Å². The molecule has 0 aliphatic rings. The van der Waals surface area contributed by atoms with Crippen molar-refractivity contribution in [3.8, 4) is 0 Å². The van der Waals surface area contributed by atoms with Crippen LogP contribution >= 0.6 is 0 Å². The highest BCUT2D eigenvalue weighted by atomic mass is 16.3. The van der Waals surface area contributed by atoms with Crippen LogP contribution in [-0.4, -0.2) is 15.0 Å². The maximum Gasteiger partial charge on any atom is 0.199 e. The van der Waals surface area contributed by atoms with Crippen LogP contribution in [0, 0.1) is 0 Å². The number of aromatic nitrogens is 3. The van der Waals surface area contributed by atoms with Crippen LogP contribution in [0.25, 0.3) is 21.8 Å². The van der Waals surface area contributed by atoms with E-state index in [-0.39, 0.29) is 0 Å². The molecule has 92 valence electrons. The Balaban J connectivity index is 1.88. The standard InChI is InChI=1S/C15H11N3O/c1-2-4-13-12(3-1)15-10(9-17-13)7-11(18-15)8-14-16-5-6-19-14/h1-7,9,18H,8H2. The van der Waals surface area contributed by atoms with Gasteiger partial charge in [0, 0.05) is 22.7 Å². The number of fused-ring (bicyclic) bond motifs is 3. The highest BCUT2D eigenvalue weighted by Crippen LogP contribution is 2.24. The fourth-order valence-corrected chi connectivity index (χ4v) is 2.39. The van der Waals surface area contributed by atoms with Gasteiger partial charge in [-0.05, 0) is 12.1 Å². The minimum Gasteiger partial charge on any atom is -0.449 e. The molecule has 0 spiro atoms. The average Bonchev–Trinajstić information content (AvgIpc) is 3.08. The van der Waals surface area contributed by atoms with E-state index < -0.39 is 0 Å². The van der Waals surface area contributed by atoms with E-state index in [0.717, 1.165) is 27.5 Å². The number of oxazole rings is 1. The van der Waals surface area contributed by atoms with Crippen LogP contribution in [0.3, 0.4) is 0 Å². The molecular formula is C15H11N3O. The van der Waals surface area contributed by atoms with Gasteiger partial charge in [0.2, 0.25) is 0 Å². The van der Waals surface area contributed by atoms with E-state index in [1.165, 1.54) is 0 Å². The van der Waals surface area contributed by atoms with Gasteiger partial charge < -0.3 is 9.40 Å². The SMILES string of the molecule is c1ccc2c(c1)ncc1cc(Cc3ncco3)[nH]c12. The largest absolute Gasteiger partial charge is 0.449 e. The summed E-state index contributed by atoms with van der Waals surface area (Å²) in [5, 5.41) is 2.25. The third-order valence-corrected chi connectivity index (χ3v) is 3.25. The van der Waals surface area contributed by atoms with E-state index in [1.54, 1.807) is 12.5 Å². The number of H-pyrrole nitrogens is 1. The molecule has 1 aromatic carbocycles. The zero-order chi connectivity index (χ0) is 12.7. The zero-order valence-corrected chi connectivity index (χ0v) is 10.1. The first-order valence-electron chi connectivity index (χ1n) is 6.14. The summed E-state index contributed by atoms with van der Waals surface area (Å²) in [5.74, 6) is 0.712. The lowest BCUT2D eigenvalue weighted by Crippen LogP contribution is -1.87. The van der Waals surface area contributed by atoms with Crippen molar-refractivity contribution in [2.75, 3.05) is 0 Å². The summed E-state index contributed by atoms with van der Waals surface area (Å²) in [4.78, 5) is 12.0. The number of hydrogen-bond acceptors (Lipinski definition) is 3. The molecule has 0 aliphatic heterocycles. The number of para-hydroxylation sites is 1. The maximum atomic E-state index is 5.27. The number of nitrogens with zero attached hydrogens (tertiary/aromatic N) is 2. The molecular weight excluding hydrogens is 238 g/mol. The molecule has 4 heteroatoms. The third kappa shape index (κ3) is 1.69. The van der Waals surface area contributed by atoms with E-state index in [1.807, 2.05) is 24.4 Å². The monoisotopic (exact) mass is 249 g/mol. The summed E-state index contributed by atoms with van der Waals surface area (Å²) >= 11 is 0. The first kappa shape index (κ1) is 10.3. The second-order valence-corrected chi connectivity index (χ2v) is 4.50. The summed E-state index contributed by atoms with van der Waals surface area (Å²) < 4.78 is 5.27. The highest BCUT2D eigenvalue weighted by Gasteiger charge is 2.07. The van der Waals surface area contributed by atoms with Crippen molar-refractivity contribution >= 4 is 21.8 Å². The van der Waals surface area contributed by atoms with Gasteiger partial charge in [-0.25, -0.2) is 4.98 Å². The maximum absolute atomic E-state index is 5.27. The molecule has 1 N–H and O–H groups in total. The Bertz CT molecular complexity index is 846. The number of pyridine rings is 1. The predicted octanol–water partition coefficient (Wildman–Crippen LogP) is 3.29. The lowest BCUT2D eigenvalue weighted by atomic mass is 10.2. The van der Waals surface area contributed by atoms with E-state index in [2.05, 4.69) is 27.1 Å². The van der Waals surface area contributed by atoms with Gasteiger partial charge >= 0.3 is 0 Å². The molecule has 0 atom stereocenters. The van der Waals surface area contributed by atoms with Crippen LogP contribution in [0.15, 0.2) is 53.4 Å². The summed E-state index contributed by atoms with van der Waals surface area (Å²) in [6.45, 7) is 0. The lowest BCUT2D eigenvalue weighted by Gasteiger charge is -1.97. The number of nitrogens with one attached hydrogen (secondary N) is 1. The second kappa shape index (κ2) is 3.95. The smallest absolute Gasteiger partial charge is 0.199 e. The minimum atomic E-state index is 0.663. The van der Waals surface area contributed by atoms with Crippen molar-refractivity contribution in [1.82, 2.24) is 15.0 Å². The highest BCUT2D eigenvalue weighted by molar-refractivity contribution is 6.03. The van der Waals surface area contributed by atoms with Crippen LogP contribution in [0.1, 0.15) is 11.6 Å². The van der Waals surface area contributed by atoms with Crippen molar-refractivity contribution in [2.24, 2.45) is 0 Å². The second-order valence-electron chi connectivity index (χ2n) is 4.50. The molecule has 0 saturated carbocycles. The van der Waals surface area contributed by atoms with Crippen LogP contribution < -0.4 is 0 Å². The first-order chi connectivity index (χ1) is 9.40. The molecule has 4 nitrogen and oxygen atoms in total. The molecule has 0 bridgehead atoms. The van der Waals surface area contributed by atoms with Crippen molar-refractivity contribution in [3.63, 3.8) is 0 Å². The topological polar surface area (TPSA) is 54.7 Å². The summed E-state index contributed by atoms with van der Waals surface area (Å²) in [6.07, 6.45) is 5.81. The molecule has 0 unspecified atom stereocenters. The summed E-state index contributed by atoms with van der Waals surface area (Å²) in [7, 11) is 0. The lowest BCUT2D eigenvalue weighted by molar-refractivity contribution is 0.505. The van der Waals surface area contributed by atoms with E-state index >= 15 is 0 Å². The number of rotatable bonds is 2. The van der Waals surface area contributed by atoms with Gasteiger partial charge in [-0.3, -0.25) is 4.98 Å². The number of benzene rings is 1. The Morgan fingerprint density at radius 2 is 2.11 bits per heavy atom. The third-order valence-electron chi connectivity index (χ3n) is 3.25. The summed E-state index contributed by atoms with van der Waals surface area (Å²) in [5.41, 5.74) is 3.20. The predicted molar refractivity (Wildman–Crippen MR) is 72.9 cm³/mol. The van der Waals surface area contributed by atoms with Crippen LogP contribution in [0.2, 0.25) is 0 Å². The Morgan fingerprint density at radius 3 is 3.00 bits per heavy atom. The molecule has 0 aliphatic carbocycles. The van der Waals surface area contributed by atoms with Crippen molar-refractivity contribution < 1.29 is 4.42 Å². The molecule has 0 fully saturated rings. The molecule has 0 saturated heterocycles. The molecule has 4 rings (SSSR count).